The molecular formula is C11H16BrN5. The zero-order chi connectivity index (χ0) is 12.5. The van der Waals surface area contributed by atoms with Gasteiger partial charge in [-0.05, 0) is 38.1 Å². The normalized spacial score (nSPS) is 22.6. The Kier molecular flexibility index (Phi) is 3.37. The molecule has 0 radical (unpaired) electrons. The van der Waals surface area contributed by atoms with Crippen LogP contribution >= 0.6 is 15.9 Å². The first kappa shape index (κ1) is 12.3. The first-order valence-corrected chi connectivity index (χ1v) is 6.16. The third-order valence-electron chi connectivity index (χ3n) is 2.31. The molecule has 1 unspecified atom stereocenters. The molecule has 0 saturated carbocycles. The Hall–Kier alpha value is -1.11. The summed E-state index contributed by atoms with van der Waals surface area (Å²) >= 11 is 3.39. The monoisotopic (exact) mass is 297 g/mol. The van der Waals surface area contributed by atoms with Crippen LogP contribution in [-0.4, -0.2) is 17.9 Å². The van der Waals surface area contributed by atoms with Crippen molar-refractivity contribution in [3.8, 4) is 0 Å². The number of aliphatic imine (C=N–C) groups is 1. The van der Waals surface area contributed by atoms with Gasteiger partial charge in [0.1, 0.15) is 0 Å². The minimum atomic E-state index is -0.399. The maximum atomic E-state index is 5.79. The molecule has 6 heteroatoms. The lowest BCUT2D eigenvalue weighted by atomic mass is 10.2. The summed E-state index contributed by atoms with van der Waals surface area (Å²) in [6.07, 6.45) is -0.399. The Morgan fingerprint density at radius 2 is 2.00 bits per heavy atom. The van der Waals surface area contributed by atoms with Crippen LogP contribution in [0.15, 0.2) is 33.7 Å². The average molecular weight is 298 g/mol. The molecule has 2 rings (SSSR count). The van der Waals surface area contributed by atoms with Crippen molar-refractivity contribution in [3.63, 3.8) is 0 Å². The SMILES string of the molecule is CC1(C)NC(Nc2ccc(Br)cc2)=NC(N)N1. The predicted octanol–water partition coefficient (Wildman–Crippen LogP) is 1.39. The van der Waals surface area contributed by atoms with Gasteiger partial charge < -0.3 is 10.6 Å². The number of guanidine groups is 1. The van der Waals surface area contributed by atoms with Crippen LogP contribution in [0.2, 0.25) is 0 Å². The number of rotatable bonds is 1. The lowest BCUT2D eigenvalue weighted by Gasteiger charge is -2.35. The van der Waals surface area contributed by atoms with Gasteiger partial charge in [-0.3, -0.25) is 11.1 Å². The lowest BCUT2D eigenvalue weighted by Crippen LogP contribution is -2.64. The van der Waals surface area contributed by atoms with E-state index in [0.29, 0.717) is 5.96 Å². The van der Waals surface area contributed by atoms with Gasteiger partial charge >= 0.3 is 0 Å². The van der Waals surface area contributed by atoms with E-state index >= 15 is 0 Å². The summed E-state index contributed by atoms with van der Waals surface area (Å²) in [6.45, 7) is 4.01. The van der Waals surface area contributed by atoms with E-state index in [1.165, 1.54) is 0 Å². The summed E-state index contributed by atoms with van der Waals surface area (Å²) in [7, 11) is 0. The van der Waals surface area contributed by atoms with Gasteiger partial charge in [-0.15, -0.1) is 0 Å². The lowest BCUT2D eigenvalue weighted by molar-refractivity contribution is 0.299. The van der Waals surface area contributed by atoms with Crippen molar-refractivity contribution in [2.75, 3.05) is 5.32 Å². The second-order valence-electron chi connectivity index (χ2n) is 4.45. The molecular weight excluding hydrogens is 282 g/mol. The van der Waals surface area contributed by atoms with Crippen molar-refractivity contribution in [1.29, 1.82) is 0 Å². The molecule has 1 aromatic carbocycles. The van der Waals surface area contributed by atoms with Crippen LogP contribution in [0.4, 0.5) is 5.69 Å². The number of hydrogen-bond acceptors (Lipinski definition) is 5. The number of nitrogens with zero attached hydrogens (tertiary/aromatic N) is 1. The van der Waals surface area contributed by atoms with Crippen molar-refractivity contribution >= 4 is 27.6 Å². The molecule has 1 aliphatic rings. The Balaban J connectivity index is 2.11. The molecule has 0 bridgehead atoms. The molecule has 0 aliphatic carbocycles. The van der Waals surface area contributed by atoms with Gasteiger partial charge in [-0.1, -0.05) is 15.9 Å². The first-order valence-electron chi connectivity index (χ1n) is 5.36. The van der Waals surface area contributed by atoms with Crippen LogP contribution in [-0.2, 0) is 0 Å². The fourth-order valence-corrected chi connectivity index (χ4v) is 1.90. The predicted molar refractivity (Wildman–Crippen MR) is 73.5 cm³/mol. The minimum Gasteiger partial charge on any atom is -0.338 e. The molecule has 0 amide bonds. The van der Waals surface area contributed by atoms with Crippen molar-refractivity contribution in [2.45, 2.75) is 25.8 Å². The molecule has 1 aliphatic heterocycles. The van der Waals surface area contributed by atoms with Crippen molar-refractivity contribution in [2.24, 2.45) is 10.7 Å². The van der Waals surface area contributed by atoms with Crippen LogP contribution in [0.3, 0.4) is 0 Å². The number of anilines is 1. The summed E-state index contributed by atoms with van der Waals surface area (Å²) in [6, 6.07) is 7.87. The Morgan fingerprint density at radius 1 is 1.35 bits per heavy atom. The minimum absolute atomic E-state index is 0.279. The average Bonchev–Trinajstić information content (AvgIpc) is 2.18. The van der Waals surface area contributed by atoms with E-state index in [2.05, 4.69) is 36.9 Å². The first-order chi connectivity index (χ1) is 7.94. The maximum Gasteiger partial charge on any atom is 0.200 e. The molecule has 0 spiro atoms. The van der Waals surface area contributed by atoms with Crippen molar-refractivity contribution < 1.29 is 0 Å². The third kappa shape index (κ3) is 3.42. The van der Waals surface area contributed by atoms with E-state index in [1.54, 1.807) is 0 Å². The van der Waals surface area contributed by atoms with Gasteiger partial charge in [0.2, 0.25) is 0 Å². The Morgan fingerprint density at radius 3 is 2.59 bits per heavy atom. The number of hydrogen-bond donors (Lipinski definition) is 4. The van der Waals surface area contributed by atoms with Gasteiger partial charge in [-0.2, -0.15) is 0 Å². The summed E-state index contributed by atoms with van der Waals surface area (Å²) in [4.78, 5) is 4.24. The second-order valence-corrected chi connectivity index (χ2v) is 5.36. The number of nitrogens with two attached hydrogens (primary N) is 1. The molecule has 0 aromatic heterocycles. The standard InChI is InChI=1S/C11H16BrN5/c1-11(2)16-9(13)15-10(17-11)14-8-5-3-7(12)4-6-8/h3-6,9,16H,13H2,1-2H3,(H2,14,15,17). The Bertz CT molecular complexity index is 426. The van der Waals surface area contributed by atoms with E-state index in [-0.39, 0.29) is 5.66 Å². The second kappa shape index (κ2) is 4.64. The highest BCUT2D eigenvalue weighted by molar-refractivity contribution is 9.10. The van der Waals surface area contributed by atoms with E-state index in [4.69, 9.17) is 5.73 Å². The fourth-order valence-electron chi connectivity index (χ4n) is 1.64. The highest BCUT2D eigenvalue weighted by Gasteiger charge is 2.25. The van der Waals surface area contributed by atoms with E-state index in [0.717, 1.165) is 10.2 Å². The maximum absolute atomic E-state index is 5.79. The molecule has 1 aromatic rings. The Labute approximate surface area is 109 Å². The topological polar surface area (TPSA) is 74.5 Å². The number of halogens is 1. The largest absolute Gasteiger partial charge is 0.338 e. The van der Waals surface area contributed by atoms with Crippen LogP contribution in [0.5, 0.6) is 0 Å². The van der Waals surface area contributed by atoms with Gasteiger partial charge in [0.05, 0.1) is 5.66 Å². The van der Waals surface area contributed by atoms with Gasteiger partial charge in [0, 0.05) is 10.2 Å². The van der Waals surface area contributed by atoms with E-state index in [1.807, 2.05) is 38.1 Å². The van der Waals surface area contributed by atoms with Crippen molar-refractivity contribution in [1.82, 2.24) is 10.6 Å². The number of benzene rings is 1. The summed E-state index contributed by atoms with van der Waals surface area (Å²) < 4.78 is 1.04. The van der Waals surface area contributed by atoms with Crippen molar-refractivity contribution in [3.05, 3.63) is 28.7 Å². The van der Waals surface area contributed by atoms with Gasteiger partial charge in [-0.25, -0.2) is 4.99 Å². The van der Waals surface area contributed by atoms with Crippen LogP contribution in [0, 0.1) is 0 Å². The summed E-state index contributed by atoms with van der Waals surface area (Å²) in [5.41, 5.74) is 6.48. The molecule has 0 fully saturated rings. The van der Waals surface area contributed by atoms with E-state index in [9.17, 15) is 0 Å². The van der Waals surface area contributed by atoms with E-state index < -0.39 is 6.29 Å². The summed E-state index contributed by atoms with van der Waals surface area (Å²) in [5, 5.41) is 9.53. The van der Waals surface area contributed by atoms with Crippen LogP contribution in [0.1, 0.15) is 13.8 Å². The van der Waals surface area contributed by atoms with Crippen LogP contribution in [0.25, 0.3) is 0 Å². The van der Waals surface area contributed by atoms with Gasteiger partial charge in [0.15, 0.2) is 12.2 Å². The quantitative estimate of drug-likeness (QED) is 0.632. The van der Waals surface area contributed by atoms with Gasteiger partial charge in [0.25, 0.3) is 0 Å². The smallest absolute Gasteiger partial charge is 0.200 e. The third-order valence-corrected chi connectivity index (χ3v) is 2.84. The zero-order valence-corrected chi connectivity index (χ0v) is 11.4. The molecule has 1 atom stereocenters. The van der Waals surface area contributed by atoms with Crippen LogP contribution < -0.4 is 21.7 Å². The molecule has 1 heterocycles. The molecule has 17 heavy (non-hydrogen) atoms. The molecule has 5 nitrogen and oxygen atoms in total. The molecule has 0 saturated heterocycles. The highest BCUT2D eigenvalue weighted by Crippen LogP contribution is 2.14. The number of nitrogens with one attached hydrogen (secondary N) is 3. The zero-order valence-electron chi connectivity index (χ0n) is 9.79. The highest BCUT2D eigenvalue weighted by atomic mass is 79.9. The summed E-state index contributed by atoms with van der Waals surface area (Å²) in [5.74, 6) is 0.670. The molecule has 5 N–H and O–H groups in total. The fraction of sp³-hybridized carbons (Fsp3) is 0.364. The molecule has 92 valence electrons.